The van der Waals surface area contributed by atoms with Crippen molar-refractivity contribution in [1.29, 1.82) is 0 Å². The van der Waals surface area contributed by atoms with Gasteiger partial charge in [0.25, 0.3) is 0 Å². The Bertz CT molecular complexity index is 503. The molecule has 0 amide bonds. The molecule has 0 spiro atoms. The molecule has 0 saturated carbocycles. The van der Waals surface area contributed by atoms with Gasteiger partial charge in [0.15, 0.2) is 0 Å². The van der Waals surface area contributed by atoms with Crippen molar-refractivity contribution in [3.8, 4) is 11.5 Å². The number of benzene rings is 1. The van der Waals surface area contributed by atoms with Crippen LogP contribution in [0.25, 0.3) is 0 Å². The van der Waals surface area contributed by atoms with Gasteiger partial charge in [0, 0.05) is 6.61 Å². The second-order valence-corrected chi connectivity index (χ2v) is 6.49. The number of rotatable bonds is 6. The molecular weight excluding hydrogens is 280 g/mol. The molecule has 1 unspecified atom stereocenters. The van der Waals surface area contributed by atoms with Gasteiger partial charge in [-0.3, -0.25) is 0 Å². The van der Waals surface area contributed by atoms with Crippen molar-refractivity contribution in [2.24, 2.45) is 0 Å². The Balaban J connectivity index is 1.85. The standard InChI is InChI=1S/C14H20O5S/c1-17-12-5-7-14(8-6-12)19-20(15,16)11-9-13-4-2-3-10-18-13/h5-8,13H,2-4,9-11H2,1H3. The average molecular weight is 300 g/mol. The van der Waals surface area contributed by atoms with E-state index >= 15 is 0 Å². The van der Waals surface area contributed by atoms with E-state index in [0.717, 1.165) is 25.9 Å². The molecule has 1 aromatic carbocycles. The van der Waals surface area contributed by atoms with Crippen LogP contribution in [0.15, 0.2) is 24.3 Å². The highest BCUT2D eigenvalue weighted by Gasteiger charge is 2.19. The molecule has 5 nitrogen and oxygen atoms in total. The van der Waals surface area contributed by atoms with Crippen molar-refractivity contribution in [3.63, 3.8) is 0 Å². The van der Waals surface area contributed by atoms with Gasteiger partial charge in [0.05, 0.1) is 19.0 Å². The highest BCUT2D eigenvalue weighted by Crippen LogP contribution is 2.20. The Morgan fingerprint density at radius 2 is 1.90 bits per heavy atom. The van der Waals surface area contributed by atoms with E-state index in [9.17, 15) is 8.42 Å². The van der Waals surface area contributed by atoms with Crippen LogP contribution in [0.2, 0.25) is 0 Å². The van der Waals surface area contributed by atoms with Crippen molar-refractivity contribution >= 4 is 10.1 Å². The Labute approximate surface area is 120 Å². The fourth-order valence-corrected chi connectivity index (χ4v) is 3.17. The maximum Gasteiger partial charge on any atom is 0.309 e. The summed E-state index contributed by atoms with van der Waals surface area (Å²) in [5, 5.41) is 0. The molecule has 0 radical (unpaired) electrons. The molecular formula is C14H20O5S. The van der Waals surface area contributed by atoms with Crippen LogP contribution in [0.3, 0.4) is 0 Å². The van der Waals surface area contributed by atoms with Crippen molar-refractivity contribution in [1.82, 2.24) is 0 Å². The van der Waals surface area contributed by atoms with Crippen LogP contribution in [0.4, 0.5) is 0 Å². The molecule has 6 heteroatoms. The summed E-state index contributed by atoms with van der Waals surface area (Å²) < 4.78 is 39.4. The maximum atomic E-state index is 11.9. The first-order valence-electron chi connectivity index (χ1n) is 6.77. The fraction of sp³-hybridized carbons (Fsp3) is 0.571. The third-order valence-electron chi connectivity index (χ3n) is 3.25. The molecule has 1 aromatic rings. The number of ether oxygens (including phenoxy) is 2. The third kappa shape index (κ3) is 4.68. The molecule has 2 rings (SSSR count). The molecule has 1 atom stereocenters. The van der Waals surface area contributed by atoms with Crippen molar-refractivity contribution in [2.75, 3.05) is 19.5 Å². The molecule has 0 aliphatic carbocycles. The number of methoxy groups -OCH3 is 1. The first kappa shape index (κ1) is 15.1. The van der Waals surface area contributed by atoms with Gasteiger partial charge in [-0.15, -0.1) is 0 Å². The largest absolute Gasteiger partial charge is 0.497 e. The molecule has 0 aromatic heterocycles. The quantitative estimate of drug-likeness (QED) is 0.755. The lowest BCUT2D eigenvalue weighted by atomic mass is 10.1. The summed E-state index contributed by atoms with van der Waals surface area (Å²) in [7, 11) is -2.02. The fourth-order valence-electron chi connectivity index (χ4n) is 2.13. The normalized spacial score (nSPS) is 19.6. The van der Waals surface area contributed by atoms with E-state index in [1.165, 1.54) is 0 Å². The predicted octanol–water partition coefficient (Wildman–Crippen LogP) is 2.36. The Hall–Kier alpha value is -1.27. The maximum absolute atomic E-state index is 11.9. The molecule has 1 saturated heterocycles. The van der Waals surface area contributed by atoms with Crippen LogP contribution in [0.5, 0.6) is 11.5 Å². The summed E-state index contributed by atoms with van der Waals surface area (Å²) in [6.45, 7) is 0.726. The van der Waals surface area contributed by atoms with Crippen LogP contribution < -0.4 is 8.92 Å². The second kappa shape index (κ2) is 6.95. The van der Waals surface area contributed by atoms with E-state index < -0.39 is 10.1 Å². The first-order valence-corrected chi connectivity index (χ1v) is 8.34. The Morgan fingerprint density at radius 1 is 1.20 bits per heavy atom. The minimum Gasteiger partial charge on any atom is -0.497 e. The molecule has 1 heterocycles. The summed E-state index contributed by atoms with van der Waals surface area (Å²) in [5.41, 5.74) is 0. The van der Waals surface area contributed by atoms with E-state index in [2.05, 4.69) is 0 Å². The van der Waals surface area contributed by atoms with E-state index in [-0.39, 0.29) is 11.9 Å². The molecule has 1 aliphatic heterocycles. The molecule has 1 aliphatic rings. The average Bonchev–Trinajstić information content (AvgIpc) is 2.47. The summed E-state index contributed by atoms with van der Waals surface area (Å²) in [4.78, 5) is 0. The SMILES string of the molecule is COc1ccc(OS(=O)(=O)CCC2CCCCO2)cc1. The van der Waals surface area contributed by atoms with Crippen LogP contribution in [0, 0.1) is 0 Å². The topological polar surface area (TPSA) is 61.8 Å². The zero-order chi connectivity index (χ0) is 14.4. The number of hydrogen-bond donors (Lipinski definition) is 0. The predicted molar refractivity (Wildman–Crippen MR) is 75.6 cm³/mol. The molecule has 0 bridgehead atoms. The highest BCUT2D eigenvalue weighted by atomic mass is 32.2. The van der Waals surface area contributed by atoms with Crippen LogP contribution in [0.1, 0.15) is 25.7 Å². The molecule has 0 N–H and O–H groups in total. The van der Waals surface area contributed by atoms with Gasteiger partial charge in [-0.1, -0.05) is 0 Å². The van der Waals surface area contributed by atoms with Gasteiger partial charge < -0.3 is 13.7 Å². The van der Waals surface area contributed by atoms with Gasteiger partial charge >= 0.3 is 10.1 Å². The zero-order valence-corrected chi connectivity index (χ0v) is 12.4. The first-order chi connectivity index (χ1) is 9.59. The monoisotopic (exact) mass is 300 g/mol. The lowest BCUT2D eigenvalue weighted by molar-refractivity contribution is 0.0145. The number of hydrogen-bond acceptors (Lipinski definition) is 5. The molecule has 112 valence electrons. The summed E-state index contributed by atoms with van der Waals surface area (Å²) in [6.07, 6.45) is 3.62. The van der Waals surface area contributed by atoms with Gasteiger partial charge in [0.2, 0.25) is 0 Å². The zero-order valence-electron chi connectivity index (χ0n) is 11.6. The van der Waals surface area contributed by atoms with Crippen LogP contribution in [-0.2, 0) is 14.9 Å². The lowest BCUT2D eigenvalue weighted by Crippen LogP contribution is -2.24. The van der Waals surface area contributed by atoms with Crippen LogP contribution in [-0.4, -0.2) is 34.0 Å². The van der Waals surface area contributed by atoms with Crippen molar-refractivity contribution < 1.29 is 22.1 Å². The van der Waals surface area contributed by atoms with E-state index in [4.69, 9.17) is 13.7 Å². The Kier molecular flexibility index (Phi) is 5.25. The minimum atomic E-state index is -3.57. The lowest BCUT2D eigenvalue weighted by Gasteiger charge is -2.22. The van der Waals surface area contributed by atoms with Gasteiger partial charge in [-0.25, -0.2) is 0 Å². The van der Waals surface area contributed by atoms with Gasteiger partial charge in [0.1, 0.15) is 11.5 Å². The van der Waals surface area contributed by atoms with E-state index in [1.54, 1.807) is 31.4 Å². The van der Waals surface area contributed by atoms with Crippen molar-refractivity contribution in [2.45, 2.75) is 31.8 Å². The summed E-state index contributed by atoms with van der Waals surface area (Å²) >= 11 is 0. The second-order valence-electron chi connectivity index (χ2n) is 4.80. The molecule has 1 fully saturated rings. The van der Waals surface area contributed by atoms with Gasteiger partial charge in [-0.05, 0) is 49.9 Å². The van der Waals surface area contributed by atoms with E-state index in [1.807, 2.05) is 0 Å². The Morgan fingerprint density at radius 3 is 2.50 bits per heavy atom. The van der Waals surface area contributed by atoms with Crippen molar-refractivity contribution in [3.05, 3.63) is 24.3 Å². The summed E-state index contributed by atoms with van der Waals surface area (Å²) in [6, 6.07) is 6.48. The minimum absolute atomic E-state index is 0.0241. The summed E-state index contributed by atoms with van der Waals surface area (Å²) in [5.74, 6) is 0.935. The van der Waals surface area contributed by atoms with E-state index in [0.29, 0.717) is 17.9 Å². The highest BCUT2D eigenvalue weighted by molar-refractivity contribution is 7.87. The third-order valence-corrected chi connectivity index (χ3v) is 4.43. The van der Waals surface area contributed by atoms with Gasteiger partial charge in [-0.2, -0.15) is 8.42 Å². The van der Waals surface area contributed by atoms with Crippen LogP contribution >= 0.6 is 0 Å². The molecule has 20 heavy (non-hydrogen) atoms. The smallest absolute Gasteiger partial charge is 0.309 e.